The highest BCUT2D eigenvalue weighted by atomic mass is 19.1. The Morgan fingerprint density at radius 2 is 2.20 bits per heavy atom. The van der Waals surface area contributed by atoms with Gasteiger partial charge in [-0.05, 0) is 51.1 Å². The van der Waals surface area contributed by atoms with Gasteiger partial charge in [-0.25, -0.2) is 9.38 Å². The monoisotopic (exact) mass is 349 g/mol. The van der Waals surface area contributed by atoms with E-state index in [-0.39, 0.29) is 18.3 Å². The molecule has 2 rings (SSSR count). The van der Waals surface area contributed by atoms with E-state index in [2.05, 4.69) is 32.8 Å². The minimum atomic E-state index is -0.381. The topological polar surface area (TPSA) is 68.8 Å². The fraction of sp³-hybridized carbons (Fsp3) is 0.556. The van der Waals surface area contributed by atoms with E-state index in [1.807, 2.05) is 6.92 Å². The van der Waals surface area contributed by atoms with Crippen molar-refractivity contribution in [1.82, 2.24) is 15.5 Å². The number of hydrogen-bond donors (Lipinski definition) is 3. The number of amides is 1. The lowest BCUT2D eigenvalue weighted by molar-refractivity contribution is -0.114. The molecule has 3 N–H and O–H groups in total. The zero-order chi connectivity index (χ0) is 18.1. The van der Waals surface area contributed by atoms with Gasteiger partial charge in [0, 0.05) is 24.8 Å². The van der Waals surface area contributed by atoms with E-state index in [0.29, 0.717) is 17.7 Å². The molecule has 7 heteroatoms. The molecule has 6 nitrogen and oxygen atoms in total. The van der Waals surface area contributed by atoms with Gasteiger partial charge < -0.3 is 16.0 Å². The summed E-state index contributed by atoms with van der Waals surface area (Å²) in [6.45, 7) is 7.87. The predicted molar refractivity (Wildman–Crippen MR) is 99.3 cm³/mol. The quantitative estimate of drug-likeness (QED) is 0.519. The third-order valence-electron chi connectivity index (χ3n) is 4.24. The Morgan fingerprint density at radius 1 is 1.36 bits per heavy atom. The molecule has 0 radical (unpaired) electrons. The lowest BCUT2D eigenvalue weighted by Crippen LogP contribution is -2.45. The molecule has 0 aromatic heterocycles. The standard InChI is InChI=1S/C18H28FN5O/c1-3-20-18(21-12-16-9-6-10-24(16)4-2)22-13-17(25)23-15-8-5-7-14(19)11-15/h5,7-8,11,16H,3-4,6,9-10,12-13H2,1-2H3,(H,23,25)(H2,20,21,22). The van der Waals surface area contributed by atoms with Gasteiger partial charge in [0.05, 0.1) is 0 Å². The molecule has 0 spiro atoms. The van der Waals surface area contributed by atoms with Gasteiger partial charge in [0.15, 0.2) is 5.96 Å². The number of aliphatic imine (C=N–C) groups is 1. The van der Waals surface area contributed by atoms with Crippen LogP contribution in [0.5, 0.6) is 0 Å². The van der Waals surface area contributed by atoms with Gasteiger partial charge in [-0.2, -0.15) is 0 Å². The summed E-state index contributed by atoms with van der Waals surface area (Å²) in [4.78, 5) is 18.8. The van der Waals surface area contributed by atoms with Crippen LogP contribution < -0.4 is 16.0 Å². The Kier molecular flexibility index (Phi) is 7.66. The normalized spacial score (nSPS) is 18.2. The number of halogens is 1. The van der Waals surface area contributed by atoms with Crippen LogP contribution in [-0.4, -0.2) is 55.5 Å². The van der Waals surface area contributed by atoms with Crippen molar-refractivity contribution in [2.24, 2.45) is 4.99 Å². The second-order valence-corrected chi connectivity index (χ2v) is 6.06. The predicted octanol–water partition coefficient (Wildman–Crippen LogP) is 1.80. The number of anilines is 1. The van der Waals surface area contributed by atoms with E-state index in [1.54, 1.807) is 12.1 Å². The zero-order valence-electron chi connectivity index (χ0n) is 15.0. The van der Waals surface area contributed by atoms with Crippen LogP contribution in [0.15, 0.2) is 29.3 Å². The maximum absolute atomic E-state index is 13.1. The third kappa shape index (κ3) is 6.34. The number of carbonyl (C=O) groups is 1. The number of likely N-dealkylation sites (N-methyl/N-ethyl adjacent to an activating group) is 1. The maximum Gasteiger partial charge on any atom is 0.246 e. The van der Waals surface area contributed by atoms with E-state index in [9.17, 15) is 9.18 Å². The van der Waals surface area contributed by atoms with Crippen LogP contribution in [0.4, 0.5) is 10.1 Å². The molecule has 25 heavy (non-hydrogen) atoms. The molecule has 0 aliphatic carbocycles. The van der Waals surface area contributed by atoms with Crippen LogP contribution in [0.25, 0.3) is 0 Å². The smallest absolute Gasteiger partial charge is 0.246 e. The largest absolute Gasteiger partial charge is 0.357 e. The van der Waals surface area contributed by atoms with Crippen molar-refractivity contribution in [3.63, 3.8) is 0 Å². The van der Waals surface area contributed by atoms with Crippen LogP contribution >= 0.6 is 0 Å². The van der Waals surface area contributed by atoms with Crippen molar-refractivity contribution in [1.29, 1.82) is 0 Å². The Morgan fingerprint density at radius 3 is 2.92 bits per heavy atom. The number of rotatable bonds is 7. The maximum atomic E-state index is 13.1. The van der Waals surface area contributed by atoms with Gasteiger partial charge in [-0.15, -0.1) is 0 Å². The molecule has 1 aliphatic rings. The molecular formula is C18H28FN5O. The van der Waals surface area contributed by atoms with Crippen LogP contribution in [0, 0.1) is 5.82 Å². The highest BCUT2D eigenvalue weighted by molar-refractivity contribution is 5.94. The molecule has 1 unspecified atom stereocenters. The van der Waals surface area contributed by atoms with Gasteiger partial charge in [-0.1, -0.05) is 13.0 Å². The molecule has 1 saturated heterocycles. The Labute approximate surface area is 148 Å². The van der Waals surface area contributed by atoms with Crippen molar-refractivity contribution in [2.45, 2.75) is 32.7 Å². The second kappa shape index (κ2) is 9.98. The summed E-state index contributed by atoms with van der Waals surface area (Å²) < 4.78 is 13.1. The minimum absolute atomic E-state index is 0.0198. The molecule has 138 valence electrons. The lowest BCUT2D eigenvalue weighted by Gasteiger charge is -2.23. The van der Waals surface area contributed by atoms with Crippen molar-refractivity contribution < 1.29 is 9.18 Å². The van der Waals surface area contributed by atoms with Gasteiger partial charge in [0.25, 0.3) is 0 Å². The summed E-state index contributed by atoms with van der Waals surface area (Å²) in [7, 11) is 0. The molecule has 1 amide bonds. The van der Waals surface area contributed by atoms with Crippen LogP contribution in [0.3, 0.4) is 0 Å². The molecule has 1 fully saturated rings. The van der Waals surface area contributed by atoms with Gasteiger partial charge in [0.1, 0.15) is 12.4 Å². The van der Waals surface area contributed by atoms with Gasteiger partial charge >= 0.3 is 0 Å². The van der Waals surface area contributed by atoms with E-state index >= 15 is 0 Å². The van der Waals surface area contributed by atoms with Crippen molar-refractivity contribution >= 4 is 17.6 Å². The molecule has 1 aromatic carbocycles. The van der Waals surface area contributed by atoms with E-state index in [4.69, 9.17) is 0 Å². The first-order valence-electron chi connectivity index (χ1n) is 8.94. The Bertz CT molecular complexity index is 593. The summed E-state index contributed by atoms with van der Waals surface area (Å²) >= 11 is 0. The fourth-order valence-electron chi connectivity index (χ4n) is 3.02. The average Bonchev–Trinajstić information content (AvgIpc) is 3.05. The molecule has 1 aliphatic heterocycles. The number of likely N-dealkylation sites (tertiary alicyclic amines) is 1. The zero-order valence-corrected chi connectivity index (χ0v) is 15.0. The molecule has 0 saturated carbocycles. The fourth-order valence-corrected chi connectivity index (χ4v) is 3.02. The van der Waals surface area contributed by atoms with Crippen LogP contribution in [0.2, 0.25) is 0 Å². The van der Waals surface area contributed by atoms with E-state index in [0.717, 1.165) is 26.2 Å². The summed E-state index contributed by atoms with van der Waals surface area (Å²) in [5, 5.41) is 9.10. The summed E-state index contributed by atoms with van der Waals surface area (Å²) in [6.07, 6.45) is 2.41. The summed E-state index contributed by atoms with van der Waals surface area (Å²) in [5.74, 6) is -0.0351. The first kappa shape index (κ1) is 19.2. The van der Waals surface area contributed by atoms with Crippen molar-refractivity contribution in [3.8, 4) is 0 Å². The number of guanidine groups is 1. The number of carbonyl (C=O) groups excluding carboxylic acids is 1. The first-order chi connectivity index (χ1) is 12.1. The molecule has 0 bridgehead atoms. The highest BCUT2D eigenvalue weighted by Crippen LogP contribution is 2.15. The van der Waals surface area contributed by atoms with E-state index in [1.165, 1.54) is 25.0 Å². The summed E-state index contributed by atoms with van der Waals surface area (Å²) in [5.41, 5.74) is 0.433. The number of nitrogens with one attached hydrogen (secondary N) is 3. The van der Waals surface area contributed by atoms with Gasteiger partial charge in [0.2, 0.25) is 5.91 Å². The molecule has 1 atom stereocenters. The number of nitrogens with zero attached hydrogens (tertiary/aromatic N) is 2. The highest BCUT2D eigenvalue weighted by Gasteiger charge is 2.22. The van der Waals surface area contributed by atoms with Crippen molar-refractivity contribution in [2.75, 3.05) is 38.0 Å². The van der Waals surface area contributed by atoms with Gasteiger partial charge in [-0.3, -0.25) is 9.69 Å². The summed E-state index contributed by atoms with van der Waals surface area (Å²) in [6, 6.07) is 6.33. The Hall–Kier alpha value is -2.15. The number of hydrogen-bond acceptors (Lipinski definition) is 3. The number of benzene rings is 1. The molecule has 1 aromatic rings. The van der Waals surface area contributed by atoms with Crippen LogP contribution in [-0.2, 0) is 4.79 Å². The lowest BCUT2D eigenvalue weighted by atomic mass is 10.2. The van der Waals surface area contributed by atoms with Crippen LogP contribution in [0.1, 0.15) is 26.7 Å². The third-order valence-corrected chi connectivity index (χ3v) is 4.24. The molecular weight excluding hydrogens is 321 g/mol. The van der Waals surface area contributed by atoms with E-state index < -0.39 is 0 Å². The first-order valence-corrected chi connectivity index (χ1v) is 8.94. The SMILES string of the molecule is CCNC(=NCC(=O)Nc1cccc(F)c1)NCC1CCCN1CC. The minimum Gasteiger partial charge on any atom is -0.357 e. The van der Waals surface area contributed by atoms with Crippen molar-refractivity contribution in [3.05, 3.63) is 30.1 Å². The Balaban J connectivity index is 1.84. The average molecular weight is 349 g/mol. The molecule has 1 heterocycles. The second-order valence-electron chi connectivity index (χ2n) is 6.06.